The summed E-state index contributed by atoms with van der Waals surface area (Å²) in [5, 5.41) is 13.0. The number of aliphatic hydroxyl groups is 1. The van der Waals surface area contributed by atoms with Gasteiger partial charge in [-0.15, -0.1) is 0 Å². The first-order chi connectivity index (χ1) is 7.20. The molecule has 1 fully saturated rings. The first-order valence-corrected chi connectivity index (χ1v) is 5.83. The maximum atomic E-state index is 9.70. The van der Waals surface area contributed by atoms with Crippen LogP contribution in [0.25, 0.3) is 0 Å². The minimum Gasteiger partial charge on any atom is -0.392 e. The maximum absolute atomic E-state index is 9.70. The van der Waals surface area contributed by atoms with Crippen molar-refractivity contribution in [3.8, 4) is 0 Å². The highest BCUT2D eigenvalue weighted by Gasteiger charge is 2.21. The van der Waals surface area contributed by atoms with Crippen LogP contribution in [0, 0.1) is 0 Å². The van der Waals surface area contributed by atoms with Gasteiger partial charge < -0.3 is 15.2 Å². The van der Waals surface area contributed by atoms with E-state index >= 15 is 0 Å². The Balaban J connectivity index is 2.01. The molecule has 88 valence electrons. The molecule has 15 heavy (non-hydrogen) atoms. The second-order valence-electron chi connectivity index (χ2n) is 4.42. The number of rotatable bonds is 6. The van der Waals surface area contributed by atoms with E-state index in [9.17, 15) is 5.11 Å². The number of hydrogen-bond acceptors (Lipinski definition) is 3. The molecule has 0 amide bonds. The third-order valence-electron chi connectivity index (χ3n) is 2.73. The van der Waals surface area contributed by atoms with Crippen LogP contribution >= 0.6 is 0 Å². The summed E-state index contributed by atoms with van der Waals surface area (Å²) >= 11 is 0. The van der Waals surface area contributed by atoms with E-state index < -0.39 is 0 Å². The molecule has 0 spiro atoms. The highest BCUT2D eigenvalue weighted by Crippen LogP contribution is 2.17. The van der Waals surface area contributed by atoms with Gasteiger partial charge in [0.2, 0.25) is 0 Å². The van der Waals surface area contributed by atoms with Gasteiger partial charge in [0.25, 0.3) is 0 Å². The average molecular weight is 213 g/mol. The lowest BCUT2D eigenvalue weighted by atomic mass is 9.93. The third kappa shape index (κ3) is 5.30. The van der Waals surface area contributed by atoms with Gasteiger partial charge in [-0.05, 0) is 19.8 Å². The summed E-state index contributed by atoms with van der Waals surface area (Å²) in [5.74, 6) is 0. The predicted octanol–water partition coefficient (Wildman–Crippen LogP) is 1.47. The van der Waals surface area contributed by atoms with E-state index in [1.54, 1.807) is 0 Å². The van der Waals surface area contributed by atoms with Gasteiger partial charge in [-0.2, -0.15) is 0 Å². The number of ether oxygens (including phenoxy) is 1. The molecule has 2 atom stereocenters. The molecule has 1 aliphatic rings. The highest BCUT2D eigenvalue weighted by atomic mass is 16.5. The van der Waals surface area contributed by atoms with Gasteiger partial charge in [0.05, 0.1) is 19.3 Å². The topological polar surface area (TPSA) is 41.5 Å². The highest BCUT2D eigenvalue weighted by molar-refractivity contribution is 4.87. The van der Waals surface area contributed by atoms with Crippen molar-refractivity contribution in [3.05, 3.63) is 12.2 Å². The van der Waals surface area contributed by atoms with Crippen LogP contribution in [0.1, 0.15) is 32.6 Å². The van der Waals surface area contributed by atoms with Crippen molar-refractivity contribution in [1.29, 1.82) is 0 Å². The predicted molar refractivity (Wildman–Crippen MR) is 61.9 cm³/mol. The van der Waals surface area contributed by atoms with Crippen LogP contribution in [-0.2, 0) is 4.74 Å². The molecule has 3 nitrogen and oxygen atoms in total. The standard InChI is InChI=1S/C12H23NO2/c1-10(2)9-15-8-7-13-11-5-3-4-6-12(11)14/h11-14H,1,3-9H2,2H3/t11-,12-/m1/s1. The van der Waals surface area contributed by atoms with Crippen LogP contribution in [0.4, 0.5) is 0 Å². The molecule has 0 bridgehead atoms. The van der Waals surface area contributed by atoms with E-state index in [0.29, 0.717) is 13.2 Å². The summed E-state index contributed by atoms with van der Waals surface area (Å²) in [5.41, 5.74) is 1.05. The fraction of sp³-hybridized carbons (Fsp3) is 0.833. The minimum atomic E-state index is -0.167. The Morgan fingerprint density at radius 2 is 2.20 bits per heavy atom. The maximum Gasteiger partial charge on any atom is 0.0693 e. The molecular weight excluding hydrogens is 190 g/mol. The summed E-state index contributed by atoms with van der Waals surface area (Å²) < 4.78 is 5.38. The molecule has 0 saturated heterocycles. The molecule has 0 unspecified atom stereocenters. The summed E-state index contributed by atoms with van der Waals surface area (Å²) in [7, 11) is 0. The lowest BCUT2D eigenvalue weighted by Crippen LogP contribution is -2.43. The van der Waals surface area contributed by atoms with Crippen molar-refractivity contribution in [2.24, 2.45) is 0 Å². The van der Waals surface area contributed by atoms with Crippen molar-refractivity contribution in [1.82, 2.24) is 5.32 Å². The molecule has 0 heterocycles. The van der Waals surface area contributed by atoms with E-state index in [-0.39, 0.29) is 12.1 Å². The smallest absolute Gasteiger partial charge is 0.0693 e. The Hall–Kier alpha value is -0.380. The normalized spacial score (nSPS) is 26.5. The molecule has 1 aliphatic carbocycles. The van der Waals surface area contributed by atoms with E-state index in [0.717, 1.165) is 31.4 Å². The Morgan fingerprint density at radius 3 is 2.87 bits per heavy atom. The molecule has 3 heteroatoms. The monoisotopic (exact) mass is 213 g/mol. The fourth-order valence-electron chi connectivity index (χ4n) is 1.91. The zero-order valence-electron chi connectivity index (χ0n) is 9.67. The van der Waals surface area contributed by atoms with E-state index in [1.807, 2.05) is 6.92 Å². The zero-order valence-corrected chi connectivity index (χ0v) is 9.67. The first kappa shape index (κ1) is 12.7. The van der Waals surface area contributed by atoms with Gasteiger partial charge in [0.1, 0.15) is 0 Å². The molecule has 0 aromatic rings. The number of aliphatic hydroxyl groups excluding tert-OH is 1. The summed E-state index contributed by atoms with van der Waals surface area (Å²) in [6, 6.07) is 0.271. The largest absolute Gasteiger partial charge is 0.392 e. The van der Waals surface area contributed by atoms with Crippen LogP contribution in [0.2, 0.25) is 0 Å². The molecule has 0 aromatic heterocycles. The van der Waals surface area contributed by atoms with Gasteiger partial charge in [-0.1, -0.05) is 25.0 Å². The van der Waals surface area contributed by atoms with E-state index in [4.69, 9.17) is 4.74 Å². The van der Waals surface area contributed by atoms with Gasteiger partial charge in [0, 0.05) is 12.6 Å². The summed E-state index contributed by atoms with van der Waals surface area (Å²) in [4.78, 5) is 0. The number of hydrogen-bond donors (Lipinski definition) is 2. The molecule has 1 saturated carbocycles. The number of nitrogens with one attached hydrogen (secondary N) is 1. The second kappa shape index (κ2) is 6.99. The second-order valence-corrected chi connectivity index (χ2v) is 4.42. The molecule has 0 radical (unpaired) electrons. The van der Waals surface area contributed by atoms with Crippen molar-refractivity contribution in [2.75, 3.05) is 19.8 Å². The lowest BCUT2D eigenvalue weighted by molar-refractivity contribution is 0.0829. The average Bonchev–Trinajstić information content (AvgIpc) is 2.20. The van der Waals surface area contributed by atoms with Crippen molar-refractivity contribution in [2.45, 2.75) is 44.8 Å². The Morgan fingerprint density at radius 1 is 1.47 bits per heavy atom. The van der Waals surface area contributed by atoms with Crippen molar-refractivity contribution < 1.29 is 9.84 Å². The SMILES string of the molecule is C=C(C)COCCN[C@@H]1CCCC[C@H]1O. The van der Waals surface area contributed by atoms with Crippen LogP contribution in [0.3, 0.4) is 0 Å². The molecular formula is C12H23NO2. The van der Waals surface area contributed by atoms with Crippen LogP contribution in [-0.4, -0.2) is 37.0 Å². The van der Waals surface area contributed by atoms with Crippen molar-refractivity contribution in [3.63, 3.8) is 0 Å². The summed E-state index contributed by atoms with van der Waals surface area (Å²) in [6.45, 7) is 7.86. The third-order valence-corrected chi connectivity index (χ3v) is 2.73. The Bertz CT molecular complexity index is 194. The van der Waals surface area contributed by atoms with Crippen LogP contribution in [0.15, 0.2) is 12.2 Å². The lowest BCUT2D eigenvalue weighted by Gasteiger charge is -2.28. The molecule has 0 aromatic carbocycles. The van der Waals surface area contributed by atoms with E-state index in [2.05, 4.69) is 11.9 Å². The molecule has 2 N–H and O–H groups in total. The molecule has 0 aliphatic heterocycles. The Labute approximate surface area is 92.5 Å². The zero-order chi connectivity index (χ0) is 11.1. The first-order valence-electron chi connectivity index (χ1n) is 5.83. The Kier molecular flexibility index (Phi) is 5.91. The summed E-state index contributed by atoms with van der Waals surface area (Å²) in [6.07, 6.45) is 4.23. The van der Waals surface area contributed by atoms with Crippen LogP contribution in [0.5, 0.6) is 0 Å². The molecule has 1 rings (SSSR count). The minimum absolute atomic E-state index is 0.167. The fourth-order valence-corrected chi connectivity index (χ4v) is 1.91. The van der Waals surface area contributed by atoms with Gasteiger partial charge >= 0.3 is 0 Å². The van der Waals surface area contributed by atoms with Gasteiger partial charge in [0.15, 0.2) is 0 Å². The van der Waals surface area contributed by atoms with Gasteiger partial charge in [-0.25, -0.2) is 0 Å². The quantitative estimate of drug-likeness (QED) is 0.518. The van der Waals surface area contributed by atoms with E-state index in [1.165, 1.54) is 6.42 Å². The van der Waals surface area contributed by atoms with Crippen molar-refractivity contribution >= 4 is 0 Å². The van der Waals surface area contributed by atoms with Gasteiger partial charge in [-0.3, -0.25) is 0 Å². The van der Waals surface area contributed by atoms with Crippen LogP contribution < -0.4 is 5.32 Å².